The zero-order valence-corrected chi connectivity index (χ0v) is 17.2. The molecule has 1 saturated heterocycles. The second-order valence-corrected chi connectivity index (χ2v) is 7.28. The Kier molecular flexibility index (Phi) is 7.69. The molecule has 0 aromatic heterocycles. The fraction of sp³-hybridized carbons (Fsp3) is 0.550. The summed E-state index contributed by atoms with van der Waals surface area (Å²) in [5.74, 6) is -0.978. The summed E-state index contributed by atoms with van der Waals surface area (Å²) >= 11 is 0. The van der Waals surface area contributed by atoms with Gasteiger partial charge in [-0.3, -0.25) is 9.59 Å². The number of alkyl halides is 3. The van der Waals surface area contributed by atoms with Gasteiger partial charge in [-0.2, -0.15) is 13.2 Å². The summed E-state index contributed by atoms with van der Waals surface area (Å²) in [7, 11) is 0. The lowest BCUT2D eigenvalue weighted by Crippen LogP contribution is -2.57. The summed E-state index contributed by atoms with van der Waals surface area (Å²) < 4.78 is 43.5. The molecule has 1 atom stereocenters. The number of hydrogen-bond donors (Lipinski definition) is 1. The van der Waals surface area contributed by atoms with E-state index in [1.54, 1.807) is 20.8 Å². The van der Waals surface area contributed by atoms with E-state index in [1.807, 2.05) is 0 Å². The minimum Gasteiger partial charge on any atom is -0.450 e. The van der Waals surface area contributed by atoms with Gasteiger partial charge in [0, 0.05) is 31.7 Å². The Hall–Kier alpha value is -2.78. The van der Waals surface area contributed by atoms with Gasteiger partial charge >= 0.3 is 12.3 Å². The molecule has 1 aromatic rings. The molecule has 0 spiro atoms. The maximum atomic E-state index is 12.9. The van der Waals surface area contributed by atoms with E-state index in [9.17, 15) is 27.6 Å². The molecule has 10 heteroatoms. The van der Waals surface area contributed by atoms with E-state index in [0.29, 0.717) is 0 Å². The van der Waals surface area contributed by atoms with E-state index >= 15 is 0 Å². The third-order valence-corrected chi connectivity index (χ3v) is 4.80. The summed E-state index contributed by atoms with van der Waals surface area (Å²) in [5, 5.41) is 2.56. The molecule has 1 fully saturated rings. The van der Waals surface area contributed by atoms with Crippen LogP contribution in [-0.4, -0.2) is 66.5 Å². The predicted octanol–water partition coefficient (Wildman–Crippen LogP) is 2.76. The monoisotopic (exact) mass is 429 g/mol. The summed E-state index contributed by atoms with van der Waals surface area (Å²) in [4.78, 5) is 40.1. The van der Waals surface area contributed by atoms with Crippen molar-refractivity contribution in [2.24, 2.45) is 5.92 Å². The molecule has 0 aliphatic carbocycles. The van der Waals surface area contributed by atoms with Gasteiger partial charge in [-0.15, -0.1) is 0 Å². The Bertz CT molecular complexity index is 775. The maximum Gasteiger partial charge on any atom is 0.416 e. The van der Waals surface area contributed by atoms with Crippen molar-refractivity contribution in [1.82, 2.24) is 15.1 Å². The minimum atomic E-state index is -4.53. The van der Waals surface area contributed by atoms with Gasteiger partial charge in [0.25, 0.3) is 5.91 Å². The van der Waals surface area contributed by atoms with Gasteiger partial charge in [0.05, 0.1) is 12.2 Å². The number of hydrogen-bond acceptors (Lipinski definition) is 4. The van der Waals surface area contributed by atoms with E-state index in [0.717, 1.165) is 12.1 Å². The lowest BCUT2D eigenvalue weighted by Gasteiger charge is -2.37. The molecule has 1 aliphatic rings. The quantitative estimate of drug-likeness (QED) is 0.781. The Morgan fingerprint density at radius 1 is 1.10 bits per heavy atom. The Labute approximate surface area is 173 Å². The standard InChI is InChI=1S/C20H26F3N3O4/c1-4-30-19(29)24-16(13(2)3)18(28)26-10-8-25(9-11-26)17(27)14-6-5-7-15(12-14)20(21,22)23/h5-7,12-13,16H,4,8-11H2,1-3H3,(H,24,29). The fourth-order valence-electron chi connectivity index (χ4n) is 3.15. The molecule has 1 N–H and O–H groups in total. The predicted molar refractivity (Wildman–Crippen MR) is 103 cm³/mol. The lowest BCUT2D eigenvalue weighted by atomic mass is 10.0. The largest absolute Gasteiger partial charge is 0.450 e. The van der Waals surface area contributed by atoms with Crippen LogP contribution in [0.3, 0.4) is 0 Å². The highest BCUT2D eigenvalue weighted by molar-refractivity contribution is 5.94. The number of carbonyl (C=O) groups is 3. The van der Waals surface area contributed by atoms with Gasteiger partial charge in [-0.25, -0.2) is 4.79 Å². The summed E-state index contributed by atoms with van der Waals surface area (Å²) in [6, 6.07) is 3.51. The molecule has 2 rings (SSSR count). The van der Waals surface area contributed by atoms with Crippen LogP contribution >= 0.6 is 0 Å². The summed E-state index contributed by atoms with van der Waals surface area (Å²) in [6.45, 7) is 6.24. The highest BCUT2D eigenvalue weighted by Gasteiger charge is 2.34. The Morgan fingerprint density at radius 3 is 2.23 bits per heavy atom. The highest BCUT2D eigenvalue weighted by atomic mass is 19.4. The third-order valence-electron chi connectivity index (χ3n) is 4.80. The number of alkyl carbamates (subject to hydrolysis) is 1. The summed E-state index contributed by atoms with van der Waals surface area (Å²) in [6.07, 6.45) is -5.21. The fourth-order valence-corrected chi connectivity index (χ4v) is 3.15. The Morgan fingerprint density at radius 2 is 1.70 bits per heavy atom. The number of nitrogens with zero attached hydrogens (tertiary/aromatic N) is 2. The van der Waals surface area contributed by atoms with Crippen LogP contribution in [0.2, 0.25) is 0 Å². The first-order chi connectivity index (χ1) is 14.0. The van der Waals surface area contributed by atoms with E-state index in [4.69, 9.17) is 4.74 Å². The SMILES string of the molecule is CCOC(=O)NC(C(=O)N1CCN(C(=O)c2cccc(C(F)(F)F)c2)CC1)C(C)C. The van der Waals surface area contributed by atoms with Gasteiger partial charge < -0.3 is 19.9 Å². The molecule has 1 unspecified atom stereocenters. The van der Waals surface area contributed by atoms with Crippen LogP contribution in [0.1, 0.15) is 36.7 Å². The average Bonchev–Trinajstić information content (AvgIpc) is 2.70. The first-order valence-electron chi connectivity index (χ1n) is 9.73. The lowest BCUT2D eigenvalue weighted by molar-refractivity contribution is -0.138. The van der Waals surface area contributed by atoms with Gasteiger partial charge in [0.2, 0.25) is 5.91 Å². The van der Waals surface area contributed by atoms with Gasteiger partial charge in [-0.05, 0) is 31.0 Å². The minimum absolute atomic E-state index is 0.0476. The van der Waals surface area contributed by atoms with Gasteiger partial charge in [0.1, 0.15) is 6.04 Å². The summed E-state index contributed by atoms with van der Waals surface area (Å²) in [5.41, 5.74) is -0.930. The zero-order valence-electron chi connectivity index (χ0n) is 17.2. The number of halogens is 3. The van der Waals surface area contributed by atoms with Crippen LogP contribution in [0.4, 0.5) is 18.0 Å². The number of ether oxygens (including phenoxy) is 1. The van der Waals surface area contributed by atoms with Crippen LogP contribution < -0.4 is 5.32 Å². The van der Waals surface area contributed by atoms with E-state index in [2.05, 4.69) is 5.32 Å². The van der Waals surface area contributed by atoms with E-state index < -0.39 is 29.8 Å². The van der Waals surface area contributed by atoms with E-state index in [-0.39, 0.29) is 50.2 Å². The molecule has 1 aromatic carbocycles. The van der Waals surface area contributed by atoms with Crippen LogP contribution in [0.5, 0.6) is 0 Å². The second-order valence-electron chi connectivity index (χ2n) is 7.28. The molecule has 30 heavy (non-hydrogen) atoms. The van der Waals surface area contributed by atoms with Crippen molar-refractivity contribution in [3.8, 4) is 0 Å². The van der Waals surface area contributed by atoms with Crippen molar-refractivity contribution in [2.45, 2.75) is 33.0 Å². The van der Waals surface area contributed by atoms with Crippen molar-refractivity contribution in [3.63, 3.8) is 0 Å². The molecular weight excluding hydrogens is 403 g/mol. The van der Waals surface area contributed by atoms with Crippen molar-refractivity contribution in [2.75, 3.05) is 32.8 Å². The molecule has 1 heterocycles. The molecule has 3 amide bonds. The second kappa shape index (κ2) is 9.82. The number of carbonyl (C=O) groups excluding carboxylic acids is 3. The van der Waals surface area contributed by atoms with Crippen LogP contribution in [-0.2, 0) is 15.7 Å². The Balaban J connectivity index is 2.00. The zero-order chi connectivity index (χ0) is 22.5. The van der Waals surface area contributed by atoms with E-state index in [1.165, 1.54) is 21.9 Å². The highest BCUT2D eigenvalue weighted by Crippen LogP contribution is 2.29. The number of rotatable bonds is 5. The number of amides is 3. The van der Waals surface area contributed by atoms with Crippen LogP contribution in [0.15, 0.2) is 24.3 Å². The molecule has 1 aliphatic heterocycles. The van der Waals surface area contributed by atoms with Gasteiger partial charge in [-0.1, -0.05) is 19.9 Å². The smallest absolute Gasteiger partial charge is 0.416 e. The van der Waals surface area contributed by atoms with Gasteiger partial charge in [0.15, 0.2) is 0 Å². The van der Waals surface area contributed by atoms with Crippen LogP contribution in [0.25, 0.3) is 0 Å². The maximum absolute atomic E-state index is 12.9. The first kappa shape index (κ1) is 23.5. The molecule has 0 bridgehead atoms. The molecule has 0 radical (unpaired) electrons. The molecule has 7 nitrogen and oxygen atoms in total. The molecule has 166 valence electrons. The molecule has 0 saturated carbocycles. The normalized spacial score (nSPS) is 15.7. The molecular formula is C20H26F3N3O4. The first-order valence-corrected chi connectivity index (χ1v) is 9.73. The van der Waals surface area contributed by atoms with Crippen molar-refractivity contribution < 1.29 is 32.3 Å². The topological polar surface area (TPSA) is 79.0 Å². The number of piperazine rings is 1. The van der Waals surface area contributed by atoms with Crippen molar-refractivity contribution >= 4 is 17.9 Å². The van der Waals surface area contributed by atoms with Crippen molar-refractivity contribution in [1.29, 1.82) is 0 Å². The number of benzene rings is 1. The number of nitrogens with one attached hydrogen (secondary N) is 1. The van der Waals surface area contributed by atoms with Crippen LogP contribution in [0, 0.1) is 5.92 Å². The van der Waals surface area contributed by atoms with Crippen molar-refractivity contribution in [3.05, 3.63) is 35.4 Å². The third kappa shape index (κ3) is 5.87. The average molecular weight is 429 g/mol.